The number of amides is 4. The molecule has 2 heterocycles. The molecular formula is C21H20FN3O3. The molecule has 2 aromatic carbocycles. The fraction of sp³-hybridized carbons (Fsp3) is 0.286. The Balaban J connectivity index is 1.57. The first-order chi connectivity index (χ1) is 13.3. The number of benzene rings is 2. The number of nitrogens with zero attached hydrogens (tertiary/aromatic N) is 2. The third kappa shape index (κ3) is 2.74. The first-order valence-corrected chi connectivity index (χ1v) is 9.11. The average Bonchev–Trinajstić information content (AvgIpc) is 3.11. The van der Waals surface area contributed by atoms with Crippen molar-refractivity contribution in [2.75, 3.05) is 11.4 Å². The lowest BCUT2D eigenvalue weighted by Crippen LogP contribution is -2.46. The standard InChI is InChI=1S/C21H20FN3O3/c1-13-11-14-5-3-4-6-17(14)25(13)18(26)12-24-19(27)21(2,23-20(24)28)15-7-9-16(22)10-8-15/h3-10,13H,11-12H2,1-2H3,(H,23,28)/t13-,21+/m1/s1. The summed E-state index contributed by atoms with van der Waals surface area (Å²) in [6.45, 7) is 3.14. The van der Waals surface area contributed by atoms with E-state index in [-0.39, 0.29) is 18.5 Å². The molecule has 0 unspecified atom stereocenters. The van der Waals surface area contributed by atoms with Gasteiger partial charge in [0.1, 0.15) is 17.9 Å². The third-order valence-corrected chi connectivity index (χ3v) is 5.47. The molecule has 0 aliphatic carbocycles. The average molecular weight is 381 g/mol. The molecule has 2 aliphatic rings. The lowest BCUT2D eigenvalue weighted by atomic mass is 9.92. The first kappa shape index (κ1) is 18.2. The van der Waals surface area contributed by atoms with Crippen molar-refractivity contribution >= 4 is 23.5 Å². The summed E-state index contributed by atoms with van der Waals surface area (Å²) in [7, 11) is 0. The number of halogens is 1. The molecule has 1 saturated heterocycles. The van der Waals surface area contributed by atoms with Crippen molar-refractivity contribution in [2.45, 2.75) is 31.8 Å². The van der Waals surface area contributed by atoms with Crippen LogP contribution in [0.2, 0.25) is 0 Å². The van der Waals surface area contributed by atoms with Gasteiger partial charge in [0.2, 0.25) is 5.91 Å². The SMILES string of the molecule is C[C@@H]1Cc2ccccc2N1C(=O)CN1C(=O)N[C@@](C)(c2ccc(F)cc2)C1=O. The van der Waals surface area contributed by atoms with Gasteiger partial charge in [0.15, 0.2) is 0 Å². The van der Waals surface area contributed by atoms with Crippen LogP contribution in [0.5, 0.6) is 0 Å². The predicted octanol–water partition coefficient (Wildman–Crippen LogP) is 2.57. The van der Waals surface area contributed by atoms with E-state index in [2.05, 4.69) is 5.32 Å². The molecule has 4 rings (SSSR count). The Bertz CT molecular complexity index is 975. The number of para-hydroxylation sites is 1. The van der Waals surface area contributed by atoms with E-state index in [1.807, 2.05) is 31.2 Å². The minimum absolute atomic E-state index is 0.0471. The fourth-order valence-corrected chi connectivity index (χ4v) is 3.98. The van der Waals surface area contributed by atoms with Crippen LogP contribution in [0.15, 0.2) is 48.5 Å². The topological polar surface area (TPSA) is 69.7 Å². The normalized spacial score (nSPS) is 23.8. The maximum Gasteiger partial charge on any atom is 0.325 e. The molecule has 144 valence electrons. The minimum Gasteiger partial charge on any atom is -0.319 e. The maximum atomic E-state index is 13.2. The van der Waals surface area contributed by atoms with Crippen LogP contribution in [-0.4, -0.2) is 35.3 Å². The van der Waals surface area contributed by atoms with Crippen molar-refractivity contribution in [3.63, 3.8) is 0 Å². The van der Waals surface area contributed by atoms with E-state index >= 15 is 0 Å². The van der Waals surface area contributed by atoms with E-state index in [1.54, 1.807) is 11.8 Å². The summed E-state index contributed by atoms with van der Waals surface area (Å²) in [6, 6.07) is 12.3. The van der Waals surface area contributed by atoms with Crippen LogP contribution >= 0.6 is 0 Å². The highest BCUT2D eigenvalue weighted by molar-refractivity contribution is 6.10. The largest absolute Gasteiger partial charge is 0.325 e. The van der Waals surface area contributed by atoms with Crippen molar-refractivity contribution in [3.05, 3.63) is 65.5 Å². The highest BCUT2D eigenvalue weighted by Gasteiger charge is 2.50. The number of hydrogen-bond donors (Lipinski definition) is 1. The van der Waals surface area contributed by atoms with Crippen molar-refractivity contribution in [1.29, 1.82) is 0 Å². The van der Waals surface area contributed by atoms with Crippen LogP contribution in [0.4, 0.5) is 14.9 Å². The van der Waals surface area contributed by atoms with E-state index in [0.717, 1.165) is 22.6 Å². The van der Waals surface area contributed by atoms with E-state index < -0.39 is 23.3 Å². The van der Waals surface area contributed by atoms with Crippen LogP contribution in [0.1, 0.15) is 25.0 Å². The van der Waals surface area contributed by atoms with Crippen molar-refractivity contribution in [3.8, 4) is 0 Å². The maximum absolute atomic E-state index is 13.2. The molecule has 6 nitrogen and oxygen atoms in total. The Morgan fingerprint density at radius 3 is 2.57 bits per heavy atom. The Kier molecular flexibility index (Phi) is 4.18. The summed E-state index contributed by atoms with van der Waals surface area (Å²) in [5.74, 6) is -1.28. The summed E-state index contributed by atoms with van der Waals surface area (Å²) in [6.07, 6.45) is 0.731. The summed E-state index contributed by atoms with van der Waals surface area (Å²) in [5.41, 5.74) is 1.01. The second kappa shape index (κ2) is 6.44. The van der Waals surface area contributed by atoms with Gasteiger partial charge in [-0.15, -0.1) is 0 Å². The number of rotatable bonds is 3. The van der Waals surface area contributed by atoms with Gasteiger partial charge >= 0.3 is 6.03 Å². The van der Waals surface area contributed by atoms with Crippen molar-refractivity contribution in [2.24, 2.45) is 0 Å². The minimum atomic E-state index is -1.33. The van der Waals surface area contributed by atoms with E-state index in [1.165, 1.54) is 24.3 Å². The van der Waals surface area contributed by atoms with Gasteiger partial charge in [-0.3, -0.25) is 14.5 Å². The lowest BCUT2D eigenvalue weighted by Gasteiger charge is -2.25. The Morgan fingerprint density at radius 2 is 1.86 bits per heavy atom. The summed E-state index contributed by atoms with van der Waals surface area (Å²) < 4.78 is 13.2. The van der Waals surface area contributed by atoms with Gasteiger partial charge in [-0.05, 0) is 49.6 Å². The van der Waals surface area contributed by atoms with E-state index in [4.69, 9.17) is 0 Å². The molecule has 0 bridgehead atoms. The number of imide groups is 1. The lowest BCUT2D eigenvalue weighted by molar-refractivity contribution is -0.134. The molecule has 7 heteroatoms. The molecule has 4 amide bonds. The Hall–Kier alpha value is -3.22. The molecule has 0 spiro atoms. The summed E-state index contributed by atoms with van der Waals surface area (Å²) >= 11 is 0. The van der Waals surface area contributed by atoms with Crippen LogP contribution in [0, 0.1) is 5.82 Å². The van der Waals surface area contributed by atoms with Gasteiger partial charge in [-0.1, -0.05) is 30.3 Å². The third-order valence-electron chi connectivity index (χ3n) is 5.47. The second-order valence-corrected chi connectivity index (χ2v) is 7.40. The molecule has 2 aromatic rings. The van der Waals surface area contributed by atoms with Gasteiger partial charge in [-0.25, -0.2) is 9.18 Å². The quantitative estimate of drug-likeness (QED) is 0.831. The number of nitrogens with one attached hydrogen (secondary N) is 1. The number of carbonyl (C=O) groups excluding carboxylic acids is 3. The highest BCUT2D eigenvalue weighted by atomic mass is 19.1. The zero-order chi connectivity index (χ0) is 20.1. The molecule has 0 saturated carbocycles. The number of carbonyl (C=O) groups is 3. The zero-order valence-electron chi connectivity index (χ0n) is 15.6. The van der Waals surface area contributed by atoms with Gasteiger partial charge in [0.25, 0.3) is 5.91 Å². The molecule has 0 aromatic heterocycles. The van der Waals surface area contributed by atoms with Gasteiger partial charge < -0.3 is 10.2 Å². The van der Waals surface area contributed by atoms with Crippen molar-refractivity contribution in [1.82, 2.24) is 10.2 Å². The van der Waals surface area contributed by atoms with Crippen LogP contribution < -0.4 is 10.2 Å². The van der Waals surface area contributed by atoms with Gasteiger partial charge in [0, 0.05) is 11.7 Å². The van der Waals surface area contributed by atoms with Crippen LogP contribution in [0.25, 0.3) is 0 Å². The van der Waals surface area contributed by atoms with Gasteiger partial charge in [-0.2, -0.15) is 0 Å². The second-order valence-electron chi connectivity index (χ2n) is 7.40. The monoisotopic (exact) mass is 381 g/mol. The van der Waals surface area contributed by atoms with Crippen LogP contribution in [-0.2, 0) is 21.5 Å². The Labute approximate surface area is 161 Å². The molecule has 1 N–H and O–H groups in total. The Morgan fingerprint density at radius 1 is 1.18 bits per heavy atom. The fourth-order valence-electron chi connectivity index (χ4n) is 3.98. The predicted molar refractivity (Wildman–Crippen MR) is 101 cm³/mol. The first-order valence-electron chi connectivity index (χ1n) is 9.11. The van der Waals surface area contributed by atoms with Gasteiger partial charge in [0.05, 0.1) is 0 Å². The molecular weight excluding hydrogens is 361 g/mol. The number of fused-ring (bicyclic) bond motifs is 1. The zero-order valence-corrected chi connectivity index (χ0v) is 15.6. The van der Waals surface area contributed by atoms with E-state index in [9.17, 15) is 18.8 Å². The summed E-state index contributed by atoms with van der Waals surface area (Å²) in [5, 5.41) is 2.64. The summed E-state index contributed by atoms with van der Waals surface area (Å²) in [4.78, 5) is 41.0. The molecule has 28 heavy (non-hydrogen) atoms. The molecule has 2 aliphatic heterocycles. The number of hydrogen-bond acceptors (Lipinski definition) is 3. The molecule has 1 fully saturated rings. The number of urea groups is 1. The highest BCUT2D eigenvalue weighted by Crippen LogP contribution is 2.33. The van der Waals surface area contributed by atoms with E-state index in [0.29, 0.717) is 5.56 Å². The van der Waals surface area contributed by atoms with Crippen molar-refractivity contribution < 1.29 is 18.8 Å². The molecule has 2 atom stereocenters. The number of anilines is 1. The van der Waals surface area contributed by atoms with Crippen LogP contribution in [0.3, 0.4) is 0 Å². The smallest absolute Gasteiger partial charge is 0.319 e. The molecule has 0 radical (unpaired) electrons.